The maximum atomic E-state index is 10.8. The van der Waals surface area contributed by atoms with E-state index in [-0.39, 0.29) is 0 Å². The minimum atomic E-state index is -1.23. The van der Waals surface area contributed by atoms with E-state index in [9.17, 15) is 9.59 Å². The van der Waals surface area contributed by atoms with Gasteiger partial charge in [0.1, 0.15) is 11.5 Å². The molecule has 0 unspecified atom stereocenters. The number of benzene rings is 4. The lowest BCUT2D eigenvalue weighted by molar-refractivity contribution is 0.111. The molecule has 0 aliphatic carbocycles. The Morgan fingerprint density at radius 1 is 0.684 bits per heavy atom. The lowest BCUT2D eigenvalue weighted by Crippen LogP contribution is -2.14. The minimum Gasteiger partial charge on any atom is -0.496 e. The van der Waals surface area contributed by atoms with Crippen LogP contribution >= 0.6 is 15.9 Å². The van der Waals surface area contributed by atoms with E-state index in [1.165, 1.54) is 12.7 Å². The number of hydrogen-bond donors (Lipinski definition) is 2. The largest absolute Gasteiger partial charge is 0.496 e. The predicted octanol–water partition coefficient (Wildman–Crippen LogP) is 5.61. The molecular weight excluding hydrogens is 547 g/mol. The molecule has 196 valence electrons. The third-order valence-electron chi connectivity index (χ3n) is 5.26. The van der Waals surface area contributed by atoms with Crippen LogP contribution in [0.5, 0.6) is 11.5 Å². The van der Waals surface area contributed by atoms with Crippen molar-refractivity contribution in [2.45, 2.75) is 12.7 Å². The van der Waals surface area contributed by atoms with Crippen LogP contribution < -0.4 is 9.47 Å². The summed E-state index contributed by atoms with van der Waals surface area (Å²) >= 11 is 3.27. The number of rotatable bonds is 8. The van der Waals surface area contributed by atoms with E-state index in [1.54, 1.807) is 31.4 Å². The molecule has 4 rings (SSSR count). The van der Waals surface area contributed by atoms with Gasteiger partial charge in [0.05, 0.1) is 25.3 Å². The molecule has 8 heteroatoms. The molecule has 0 aromatic heterocycles. The monoisotopic (exact) mass is 576 g/mol. The van der Waals surface area contributed by atoms with Gasteiger partial charge >= 0.3 is 7.12 Å². The predicted molar refractivity (Wildman–Crippen MR) is 154 cm³/mol. The molecule has 0 amide bonds. The van der Waals surface area contributed by atoms with Crippen molar-refractivity contribution < 1.29 is 29.1 Å². The number of hydrogen-bond acceptors (Lipinski definition) is 6. The average molecular weight is 577 g/mol. The van der Waals surface area contributed by atoms with Crippen molar-refractivity contribution in [1.82, 2.24) is 0 Å². The number of aldehydes is 2. The second kappa shape index (κ2) is 16.9. The quantitative estimate of drug-likeness (QED) is 0.209. The first-order valence-corrected chi connectivity index (χ1v) is 12.5. The molecule has 0 saturated carbocycles. The summed E-state index contributed by atoms with van der Waals surface area (Å²) in [6.45, 7) is 0. The second-order valence-electron chi connectivity index (χ2n) is 8.03. The van der Waals surface area contributed by atoms with Gasteiger partial charge in [0, 0.05) is 10.8 Å². The normalized spacial score (nSPS) is 9.61. The first kappa shape index (κ1) is 30.5. The Kier molecular flexibility index (Phi) is 13.6. The summed E-state index contributed by atoms with van der Waals surface area (Å²) in [5, 5.41) is 17.1. The Bertz CT molecular complexity index is 1270. The van der Waals surface area contributed by atoms with Gasteiger partial charge in [0.25, 0.3) is 0 Å². The fourth-order valence-electron chi connectivity index (χ4n) is 3.40. The summed E-state index contributed by atoms with van der Waals surface area (Å²) in [7, 11) is 1.88. The van der Waals surface area contributed by atoms with Gasteiger partial charge < -0.3 is 19.5 Å². The molecule has 0 radical (unpaired) electrons. The Balaban J connectivity index is 0.000000211. The maximum Gasteiger partial charge on any atom is 0.456 e. The highest BCUT2D eigenvalue weighted by Crippen LogP contribution is 2.22. The van der Waals surface area contributed by atoms with Crippen molar-refractivity contribution >= 4 is 35.6 Å². The zero-order valence-electron chi connectivity index (χ0n) is 21.3. The van der Waals surface area contributed by atoms with E-state index in [2.05, 4.69) is 28.1 Å². The molecule has 6 nitrogen and oxygen atoms in total. The molecule has 0 aliphatic rings. The molecule has 0 heterocycles. The van der Waals surface area contributed by atoms with Crippen LogP contribution in [0.2, 0.25) is 0 Å². The van der Waals surface area contributed by atoms with Crippen LogP contribution in [-0.2, 0) is 12.7 Å². The van der Waals surface area contributed by atoms with Crippen LogP contribution in [0.25, 0.3) is 0 Å². The van der Waals surface area contributed by atoms with Crippen molar-refractivity contribution in [3.8, 4) is 11.5 Å². The molecule has 0 saturated heterocycles. The number of carbonyl (C=O) groups is 2. The van der Waals surface area contributed by atoms with Crippen LogP contribution in [0.1, 0.15) is 37.4 Å². The molecule has 0 spiro atoms. The SMILES string of the molecule is COc1cc(Br)ccc1C=O.COc1cc(Cc2ccccc2)ccc1C=O.OB(O)Cc1ccccc1. The van der Waals surface area contributed by atoms with E-state index in [1.807, 2.05) is 60.7 Å². The summed E-state index contributed by atoms with van der Waals surface area (Å²) in [4.78, 5) is 21.2. The first-order chi connectivity index (χ1) is 18.4. The summed E-state index contributed by atoms with van der Waals surface area (Å²) in [5.74, 6) is 1.22. The molecule has 4 aromatic carbocycles. The van der Waals surface area contributed by atoms with Crippen LogP contribution in [0.15, 0.2) is 102 Å². The number of halogens is 1. The Morgan fingerprint density at radius 2 is 1.18 bits per heavy atom. The van der Waals surface area contributed by atoms with Gasteiger partial charge in [0.15, 0.2) is 12.6 Å². The third-order valence-corrected chi connectivity index (χ3v) is 5.75. The molecule has 0 fully saturated rings. The molecule has 0 aliphatic heterocycles. The van der Waals surface area contributed by atoms with Gasteiger partial charge in [-0.25, -0.2) is 0 Å². The van der Waals surface area contributed by atoms with Gasteiger partial charge in [-0.3, -0.25) is 9.59 Å². The van der Waals surface area contributed by atoms with Crippen LogP contribution in [0.3, 0.4) is 0 Å². The summed E-state index contributed by atoms with van der Waals surface area (Å²) in [6, 6.07) is 30.5. The fourth-order valence-corrected chi connectivity index (χ4v) is 3.74. The van der Waals surface area contributed by atoms with Crippen LogP contribution in [0, 0.1) is 0 Å². The third kappa shape index (κ3) is 10.7. The Morgan fingerprint density at radius 3 is 1.68 bits per heavy atom. The van der Waals surface area contributed by atoms with Crippen molar-refractivity contribution in [1.29, 1.82) is 0 Å². The summed E-state index contributed by atoms with van der Waals surface area (Å²) in [6.07, 6.45) is 2.73. The van der Waals surface area contributed by atoms with Crippen molar-refractivity contribution in [3.63, 3.8) is 0 Å². The molecule has 0 bridgehead atoms. The van der Waals surface area contributed by atoms with E-state index < -0.39 is 7.12 Å². The molecule has 38 heavy (non-hydrogen) atoms. The number of carbonyl (C=O) groups excluding carboxylic acids is 2. The highest BCUT2D eigenvalue weighted by Gasteiger charge is 2.06. The molecular formula is C30H30BBrO6. The maximum absolute atomic E-state index is 10.8. The number of ether oxygens (including phenoxy) is 2. The van der Waals surface area contributed by atoms with Gasteiger partial charge in [-0.2, -0.15) is 0 Å². The van der Waals surface area contributed by atoms with Crippen molar-refractivity contribution in [2.75, 3.05) is 14.2 Å². The minimum absolute atomic E-state index is 0.306. The standard InChI is InChI=1S/C15H14O2.C8H7BrO2.C7H9BO2/c1-17-15-10-13(7-8-14(15)11-16)9-12-5-3-2-4-6-12;1-11-8-4-7(9)3-2-6(8)5-10;9-8(10)6-7-4-2-1-3-5-7/h2-8,10-11H,9H2,1H3;2-5H,1H3;1-5,9-10H,6H2. The number of methoxy groups -OCH3 is 2. The van der Waals surface area contributed by atoms with E-state index in [4.69, 9.17) is 19.5 Å². The van der Waals surface area contributed by atoms with Crippen molar-refractivity contribution in [2.24, 2.45) is 0 Å². The van der Waals surface area contributed by atoms with E-state index in [0.717, 1.165) is 34.6 Å². The fraction of sp³-hybridized carbons (Fsp3) is 0.133. The molecule has 4 aromatic rings. The summed E-state index contributed by atoms with van der Waals surface area (Å²) in [5.41, 5.74) is 4.48. The van der Waals surface area contributed by atoms with Crippen LogP contribution in [-0.4, -0.2) is 44.0 Å². The first-order valence-electron chi connectivity index (χ1n) is 11.7. The van der Waals surface area contributed by atoms with Crippen LogP contribution in [0.4, 0.5) is 0 Å². The summed E-state index contributed by atoms with van der Waals surface area (Å²) < 4.78 is 11.0. The van der Waals surface area contributed by atoms with Gasteiger partial charge in [-0.15, -0.1) is 0 Å². The molecule has 2 N–H and O–H groups in total. The van der Waals surface area contributed by atoms with Gasteiger partial charge in [-0.1, -0.05) is 88.2 Å². The zero-order valence-corrected chi connectivity index (χ0v) is 22.9. The van der Waals surface area contributed by atoms with E-state index in [0.29, 0.717) is 28.9 Å². The van der Waals surface area contributed by atoms with Gasteiger partial charge in [0.2, 0.25) is 0 Å². The van der Waals surface area contributed by atoms with Crippen molar-refractivity contribution in [3.05, 3.63) is 129 Å². The zero-order chi connectivity index (χ0) is 27.8. The average Bonchev–Trinajstić information content (AvgIpc) is 2.94. The topological polar surface area (TPSA) is 93.1 Å². The second-order valence-corrected chi connectivity index (χ2v) is 8.95. The Hall–Kier alpha value is -3.72. The van der Waals surface area contributed by atoms with Gasteiger partial charge in [-0.05, 0) is 47.9 Å². The smallest absolute Gasteiger partial charge is 0.456 e. The molecule has 0 atom stereocenters. The lowest BCUT2D eigenvalue weighted by atomic mass is 9.82. The Labute approximate surface area is 232 Å². The highest BCUT2D eigenvalue weighted by atomic mass is 79.9. The highest BCUT2D eigenvalue weighted by molar-refractivity contribution is 9.10. The van der Waals surface area contributed by atoms with E-state index >= 15 is 0 Å². The lowest BCUT2D eigenvalue weighted by Gasteiger charge is -2.07.